The summed E-state index contributed by atoms with van der Waals surface area (Å²) < 4.78 is 12.9. The van der Waals surface area contributed by atoms with Crippen molar-refractivity contribution in [3.8, 4) is 11.5 Å². The summed E-state index contributed by atoms with van der Waals surface area (Å²) in [5.41, 5.74) is 0.742. The minimum absolute atomic E-state index is 0.139. The summed E-state index contributed by atoms with van der Waals surface area (Å²) in [7, 11) is 3.14. The zero-order valence-electron chi connectivity index (χ0n) is 14.8. The van der Waals surface area contributed by atoms with E-state index in [9.17, 15) is 9.59 Å². The SMILES string of the molecule is COc1ccc(CNC(=O)C(C)n2sc3ccccc3c2=O)cc1OC. The molecule has 0 aliphatic heterocycles. The molecule has 1 atom stereocenters. The van der Waals surface area contributed by atoms with E-state index in [1.807, 2.05) is 30.3 Å². The normalized spacial score (nSPS) is 12.0. The monoisotopic (exact) mass is 372 g/mol. The van der Waals surface area contributed by atoms with Crippen LogP contribution in [0.15, 0.2) is 47.3 Å². The van der Waals surface area contributed by atoms with Gasteiger partial charge < -0.3 is 14.8 Å². The van der Waals surface area contributed by atoms with Gasteiger partial charge in [-0.2, -0.15) is 0 Å². The molecule has 0 saturated carbocycles. The highest BCUT2D eigenvalue weighted by molar-refractivity contribution is 7.14. The summed E-state index contributed by atoms with van der Waals surface area (Å²) in [5, 5.41) is 3.51. The summed E-state index contributed by atoms with van der Waals surface area (Å²) in [4.78, 5) is 25.0. The number of ether oxygens (including phenoxy) is 2. The second kappa shape index (κ2) is 7.61. The topological polar surface area (TPSA) is 69.6 Å². The molecular weight excluding hydrogens is 352 g/mol. The first kappa shape index (κ1) is 18.0. The zero-order valence-corrected chi connectivity index (χ0v) is 15.6. The number of hydrogen-bond donors (Lipinski definition) is 1. The number of benzene rings is 2. The minimum atomic E-state index is -0.583. The minimum Gasteiger partial charge on any atom is -0.493 e. The lowest BCUT2D eigenvalue weighted by molar-refractivity contribution is -0.123. The van der Waals surface area contributed by atoms with Gasteiger partial charge >= 0.3 is 0 Å². The van der Waals surface area contributed by atoms with Crippen LogP contribution in [-0.4, -0.2) is 24.1 Å². The fraction of sp³-hybridized carbons (Fsp3) is 0.263. The highest BCUT2D eigenvalue weighted by Gasteiger charge is 2.19. The number of hydrogen-bond acceptors (Lipinski definition) is 5. The molecule has 6 nitrogen and oxygen atoms in total. The number of carbonyl (C=O) groups excluding carboxylic acids is 1. The number of aromatic nitrogens is 1. The average Bonchev–Trinajstić information content (AvgIpc) is 3.02. The maximum atomic E-state index is 12.5. The van der Waals surface area contributed by atoms with E-state index in [1.165, 1.54) is 15.5 Å². The number of rotatable bonds is 6. The van der Waals surface area contributed by atoms with E-state index in [2.05, 4.69) is 5.32 Å². The lowest BCUT2D eigenvalue weighted by Gasteiger charge is -2.13. The van der Waals surface area contributed by atoms with Gasteiger partial charge in [-0.3, -0.25) is 13.5 Å². The fourth-order valence-corrected chi connectivity index (χ4v) is 3.72. The summed E-state index contributed by atoms with van der Waals surface area (Å²) in [6.45, 7) is 2.06. The second-order valence-electron chi connectivity index (χ2n) is 5.80. The molecule has 136 valence electrons. The predicted octanol–water partition coefficient (Wildman–Crippen LogP) is 2.96. The van der Waals surface area contributed by atoms with Gasteiger partial charge in [0.15, 0.2) is 11.5 Å². The van der Waals surface area contributed by atoms with E-state index in [0.717, 1.165) is 10.3 Å². The molecule has 2 aromatic carbocycles. The van der Waals surface area contributed by atoms with Crippen molar-refractivity contribution in [3.05, 3.63) is 58.4 Å². The van der Waals surface area contributed by atoms with Crippen LogP contribution in [0, 0.1) is 0 Å². The number of carbonyl (C=O) groups is 1. The van der Waals surface area contributed by atoms with Crippen LogP contribution >= 0.6 is 11.5 Å². The molecule has 1 heterocycles. The summed E-state index contributed by atoms with van der Waals surface area (Å²) >= 11 is 1.30. The van der Waals surface area contributed by atoms with Crippen LogP contribution < -0.4 is 20.3 Å². The molecule has 1 aromatic heterocycles. The van der Waals surface area contributed by atoms with E-state index in [0.29, 0.717) is 23.4 Å². The summed E-state index contributed by atoms with van der Waals surface area (Å²) in [6, 6.07) is 12.2. The van der Waals surface area contributed by atoms with Gasteiger partial charge in [-0.15, -0.1) is 0 Å². The maximum absolute atomic E-state index is 12.5. The Labute approximate surface area is 155 Å². The molecule has 7 heteroatoms. The number of amides is 1. The Balaban J connectivity index is 1.73. The van der Waals surface area contributed by atoms with Crippen molar-refractivity contribution in [2.75, 3.05) is 14.2 Å². The quantitative estimate of drug-likeness (QED) is 0.722. The first-order chi connectivity index (χ1) is 12.5. The lowest BCUT2D eigenvalue weighted by atomic mass is 10.2. The molecule has 3 aromatic rings. The Morgan fingerprint density at radius 2 is 1.88 bits per heavy atom. The van der Waals surface area contributed by atoms with Gasteiger partial charge in [0.05, 0.1) is 24.3 Å². The Bertz CT molecular complexity index is 993. The van der Waals surface area contributed by atoms with Crippen LogP contribution in [0.2, 0.25) is 0 Å². The molecule has 1 unspecified atom stereocenters. The van der Waals surface area contributed by atoms with Gasteiger partial charge in [0.2, 0.25) is 5.91 Å². The van der Waals surface area contributed by atoms with E-state index in [4.69, 9.17) is 9.47 Å². The molecule has 0 spiro atoms. The Morgan fingerprint density at radius 1 is 1.15 bits per heavy atom. The van der Waals surface area contributed by atoms with Crippen LogP contribution in [0.4, 0.5) is 0 Å². The highest BCUT2D eigenvalue weighted by atomic mass is 32.1. The molecule has 0 aliphatic carbocycles. The first-order valence-electron chi connectivity index (χ1n) is 8.14. The van der Waals surface area contributed by atoms with E-state index in [1.54, 1.807) is 33.3 Å². The third kappa shape index (κ3) is 3.43. The van der Waals surface area contributed by atoms with E-state index < -0.39 is 6.04 Å². The Hall–Kier alpha value is -2.80. The standard InChI is InChI=1S/C19H20N2O4S/c1-12(21-19(23)14-6-4-5-7-17(14)26-21)18(22)20-11-13-8-9-15(24-2)16(10-13)25-3/h4-10,12H,11H2,1-3H3,(H,20,22). The van der Waals surface area contributed by atoms with Crippen molar-refractivity contribution in [3.63, 3.8) is 0 Å². The van der Waals surface area contributed by atoms with Crippen molar-refractivity contribution in [2.24, 2.45) is 0 Å². The molecule has 0 bridgehead atoms. The van der Waals surface area contributed by atoms with Gasteiger partial charge in [-0.05, 0) is 36.8 Å². The highest BCUT2D eigenvalue weighted by Crippen LogP contribution is 2.27. The number of nitrogens with zero attached hydrogens (tertiary/aromatic N) is 1. The lowest BCUT2D eigenvalue weighted by Crippen LogP contribution is -2.33. The summed E-state index contributed by atoms with van der Waals surface area (Å²) in [5.74, 6) is 1.02. The van der Waals surface area contributed by atoms with E-state index >= 15 is 0 Å². The molecule has 1 amide bonds. The number of fused-ring (bicyclic) bond motifs is 1. The van der Waals surface area contributed by atoms with Crippen LogP contribution in [0.3, 0.4) is 0 Å². The molecule has 0 radical (unpaired) electrons. The van der Waals surface area contributed by atoms with Crippen molar-refractivity contribution >= 4 is 27.5 Å². The van der Waals surface area contributed by atoms with Gasteiger partial charge in [0, 0.05) is 6.54 Å². The smallest absolute Gasteiger partial charge is 0.269 e. The van der Waals surface area contributed by atoms with Gasteiger partial charge in [0.25, 0.3) is 5.56 Å². The third-order valence-corrected chi connectivity index (χ3v) is 5.39. The fourth-order valence-electron chi connectivity index (χ4n) is 2.68. The van der Waals surface area contributed by atoms with Crippen molar-refractivity contribution in [1.82, 2.24) is 9.27 Å². The molecule has 0 fully saturated rings. The van der Waals surface area contributed by atoms with Crippen molar-refractivity contribution < 1.29 is 14.3 Å². The molecular formula is C19H20N2O4S. The average molecular weight is 372 g/mol. The largest absolute Gasteiger partial charge is 0.493 e. The van der Waals surface area contributed by atoms with Gasteiger partial charge in [-0.25, -0.2) is 0 Å². The predicted molar refractivity (Wildman–Crippen MR) is 102 cm³/mol. The molecule has 0 saturated heterocycles. The van der Waals surface area contributed by atoms with Crippen LogP contribution in [0.5, 0.6) is 11.5 Å². The first-order valence-corrected chi connectivity index (χ1v) is 8.91. The summed E-state index contributed by atoms with van der Waals surface area (Å²) in [6.07, 6.45) is 0. The molecule has 1 N–H and O–H groups in total. The number of methoxy groups -OCH3 is 2. The molecule has 0 aliphatic rings. The van der Waals surface area contributed by atoms with E-state index in [-0.39, 0.29) is 11.5 Å². The van der Waals surface area contributed by atoms with Crippen molar-refractivity contribution in [1.29, 1.82) is 0 Å². The van der Waals surface area contributed by atoms with Crippen LogP contribution in [0.1, 0.15) is 18.5 Å². The van der Waals surface area contributed by atoms with Crippen LogP contribution in [-0.2, 0) is 11.3 Å². The second-order valence-corrected chi connectivity index (χ2v) is 6.82. The Kier molecular flexibility index (Phi) is 5.27. The maximum Gasteiger partial charge on any atom is 0.269 e. The molecule has 26 heavy (non-hydrogen) atoms. The third-order valence-electron chi connectivity index (χ3n) is 4.16. The van der Waals surface area contributed by atoms with Gasteiger partial charge in [-0.1, -0.05) is 29.7 Å². The Morgan fingerprint density at radius 3 is 2.58 bits per heavy atom. The van der Waals surface area contributed by atoms with Gasteiger partial charge in [0.1, 0.15) is 6.04 Å². The van der Waals surface area contributed by atoms with Crippen LogP contribution in [0.25, 0.3) is 10.1 Å². The van der Waals surface area contributed by atoms with Crippen molar-refractivity contribution in [2.45, 2.75) is 19.5 Å². The molecule has 3 rings (SSSR count). The zero-order chi connectivity index (χ0) is 18.7. The number of nitrogens with one attached hydrogen (secondary N) is 1.